The predicted octanol–water partition coefficient (Wildman–Crippen LogP) is 2.88. The average Bonchev–Trinajstić information content (AvgIpc) is 2.97. The van der Waals surface area contributed by atoms with Crippen molar-refractivity contribution in [3.05, 3.63) is 35.9 Å². The monoisotopic (exact) mass is 332 g/mol. The normalized spacial score (nSPS) is 23.9. The highest BCUT2D eigenvalue weighted by molar-refractivity contribution is 5.94. The topological polar surface area (TPSA) is 43.8 Å². The summed E-state index contributed by atoms with van der Waals surface area (Å²) in [5.74, 6) is 0.847. The van der Waals surface area contributed by atoms with Crippen LogP contribution >= 0.6 is 0 Å². The summed E-state index contributed by atoms with van der Waals surface area (Å²) >= 11 is 0. The number of unbranched alkanes of at least 4 members (excludes halogenated alkanes) is 1. The Balaban J connectivity index is 2.12. The number of benzene rings is 1. The van der Waals surface area contributed by atoms with Crippen molar-refractivity contribution in [3.63, 3.8) is 0 Å². The molecule has 0 spiro atoms. The molecule has 0 radical (unpaired) electrons. The van der Waals surface area contributed by atoms with Crippen molar-refractivity contribution in [1.29, 1.82) is 0 Å². The molecule has 134 valence electrons. The maximum atomic E-state index is 12.9. The number of amides is 1. The summed E-state index contributed by atoms with van der Waals surface area (Å²) in [6, 6.07) is 9.35. The van der Waals surface area contributed by atoms with Crippen LogP contribution in [0.4, 0.5) is 0 Å². The highest BCUT2D eigenvalue weighted by Gasteiger charge is 2.43. The van der Waals surface area contributed by atoms with Crippen LogP contribution in [0.1, 0.15) is 43.5 Å². The number of hydrogen-bond donors (Lipinski definition) is 1. The van der Waals surface area contributed by atoms with E-state index in [1.807, 2.05) is 35.2 Å². The summed E-state index contributed by atoms with van der Waals surface area (Å²) in [4.78, 5) is 17.1. The van der Waals surface area contributed by atoms with Crippen molar-refractivity contribution < 1.29 is 9.90 Å². The first-order valence-corrected chi connectivity index (χ1v) is 9.27. The van der Waals surface area contributed by atoms with Crippen LogP contribution in [0.25, 0.3) is 0 Å². The van der Waals surface area contributed by atoms with Gasteiger partial charge in [-0.05, 0) is 44.0 Å². The average molecular weight is 332 g/mol. The van der Waals surface area contributed by atoms with E-state index in [9.17, 15) is 9.90 Å². The van der Waals surface area contributed by atoms with Gasteiger partial charge in [-0.3, -0.25) is 4.79 Å². The molecule has 1 aromatic carbocycles. The van der Waals surface area contributed by atoms with Crippen LogP contribution in [0, 0.1) is 11.8 Å². The zero-order valence-corrected chi connectivity index (χ0v) is 15.3. The summed E-state index contributed by atoms with van der Waals surface area (Å²) < 4.78 is 0. The van der Waals surface area contributed by atoms with Gasteiger partial charge < -0.3 is 14.9 Å². The zero-order valence-electron chi connectivity index (χ0n) is 15.3. The second kappa shape index (κ2) is 9.19. The quantitative estimate of drug-likeness (QED) is 0.796. The lowest BCUT2D eigenvalue weighted by Crippen LogP contribution is -2.43. The third-order valence-corrected chi connectivity index (χ3v) is 5.34. The van der Waals surface area contributed by atoms with Crippen LogP contribution in [0.2, 0.25) is 0 Å². The Labute approximate surface area is 146 Å². The molecule has 1 N–H and O–H groups in total. The Morgan fingerprint density at radius 1 is 1.29 bits per heavy atom. The lowest BCUT2D eigenvalue weighted by molar-refractivity contribution is 0.0623. The third-order valence-electron chi connectivity index (χ3n) is 5.34. The molecule has 4 heteroatoms. The molecular formula is C20H32N2O2. The summed E-state index contributed by atoms with van der Waals surface area (Å²) in [7, 11) is 2.15. The van der Waals surface area contributed by atoms with Crippen molar-refractivity contribution in [3.8, 4) is 0 Å². The Morgan fingerprint density at radius 2 is 2.00 bits per heavy atom. The second-order valence-electron chi connectivity index (χ2n) is 7.02. The standard InChI is InChI=1S/C20H32N2O2/c1-4-6-12-21(3)14-18-16(5-2)13-22(19(18)15-23)20(24)17-10-8-7-9-11-17/h7-11,16,18-19,23H,4-6,12-15H2,1-3H3/t16-,18-,19-/m1/s1. The van der Waals surface area contributed by atoms with E-state index in [-0.39, 0.29) is 18.6 Å². The van der Waals surface area contributed by atoms with E-state index in [4.69, 9.17) is 0 Å². The summed E-state index contributed by atoms with van der Waals surface area (Å²) in [5, 5.41) is 9.99. The van der Waals surface area contributed by atoms with Gasteiger partial charge in [-0.15, -0.1) is 0 Å². The highest BCUT2D eigenvalue weighted by Crippen LogP contribution is 2.33. The van der Waals surface area contributed by atoms with Gasteiger partial charge in [0.05, 0.1) is 12.6 Å². The summed E-state index contributed by atoms with van der Waals surface area (Å²) in [5.41, 5.74) is 0.714. The van der Waals surface area contributed by atoms with E-state index in [0.717, 1.165) is 26.1 Å². The van der Waals surface area contributed by atoms with Crippen molar-refractivity contribution in [1.82, 2.24) is 9.80 Å². The number of aliphatic hydroxyl groups excluding tert-OH is 1. The fraction of sp³-hybridized carbons (Fsp3) is 0.650. The van der Waals surface area contributed by atoms with Gasteiger partial charge in [-0.2, -0.15) is 0 Å². The molecule has 1 aliphatic heterocycles. The lowest BCUT2D eigenvalue weighted by atomic mass is 9.88. The third kappa shape index (κ3) is 4.37. The van der Waals surface area contributed by atoms with E-state index in [1.165, 1.54) is 12.8 Å². The number of hydrogen-bond acceptors (Lipinski definition) is 3. The van der Waals surface area contributed by atoms with Crippen LogP contribution < -0.4 is 0 Å². The molecule has 0 bridgehead atoms. The molecule has 0 unspecified atom stereocenters. The second-order valence-corrected chi connectivity index (χ2v) is 7.02. The minimum absolute atomic E-state index is 0.0430. The van der Waals surface area contributed by atoms with Crippen LogP contribution in [-0.4, -0.2) is 60.1 Å². The smallest absolute Gasteiger partial charge is 0.254 e. The molecule has 2 rings (SSSR count). The van der Waals surface area contributed by atoms with Crippen molar-refractivity contribution in [2.45, 2.75) is 39.2 Å². The molecular weight excluding hydrogens is 300 g/mol. The molecule has 1 fully saturated rings. The van der Waals surface area contributed by atoms with Crippen LogP contribution in [0.3, 0.4) is 0 Å². The Bertz CT molecular complexity index is 506. The molecule has 4 nitrogen and oxygen atoms in total. The fourth-order valence-corrected chi connectivity index (χ4v) is 3.86. The van der Waals surface area contributed by atoms with Crippen molar-refractivity contribution in [2.75, 3.05) is 33.3 Å². The van der Waals surface area contributed by atoms with E-state index >= 15 is 0 Å². The van der Waals surface area contributed by atoms with E-state index < -0.39 is 0 Å². The minimum Gasteiger partial charge on any atom is -0.394 e. The molecule has 24 heavy (non-hydrogen) atoms. The predicted molar refractivity (Wildman–Crippen MR) is 98.0 cm³/mol. The lowest BCUT2D eigenvalue weighted by Gasteiger charge is -2.30. The number of likely N-dealkylation sites (tertiary alicyclic amines) is 1. The Hall–Kier alpha value is -1.39. The van der Waals surface area contributed by atoms with Crippen molar-refractivity contribution >= 4 is 5.91 Å². The molecule has 1 saturated heterocycles. The van der Waals surface area contributed by atoms with Gasteiger partial charge in [0, 0.05) is 18.7 Å². The van der Waals surface area contributed by atoms with E-state index in [0.29, 0.717) is 17.4 Å². The molecule has 0 saturated carbocycles. The van der Waals surface area contributed by atoms with Gasteiger partial charge in [0.25, 0.3) is 5.91 Å². The van der Waals surface area contributed by atoms with Gasteiger partial charge >= 0.3 is 0 Å². The van der Waals surface area contributed by atoms with E-state index in [2.05, 4.69) is 25.8 Å². The van der Waals surface area contributed by atoms with Gasteiger partial charge in [0.1, 0.15) is 0 Å². The fourth-order valence-electron chi connectivity index (χ4n) is 3.86. The number of rotatable bonds is 8. The van der Waals surface area contributed by atoms with Gasteiger partial charge in [0.2, 0.25) is 0 Å². The molecule has 3 atom stereocenters. The first kappa shape index (κ1) is 18.9. The molecule has 1 heterocycles. The van der Waals surface area contributed by atoms with Crippen LogP contribution in [0.5, 0.6) is 0 Å². The zero-order chi connectivity index (χ0) is 17.5. The Morgan fingerprint density at radius 3 is 2.58 bits per heavy atom. The van der Waals surface area contributed by atoms with Crippen molar-refractivity contribution in [2.24, 2.45) is 11.8 Å². The summed E-state index contributed by atoms with van der Waals surface area (Å²) in [6.45, 7) is 7.21. The number of aliphatic hydroxyl groups is 1. The number of carbonyl (C=O) groups excluding carboxylic acids is 1. The maximum absolute atomic E-state index is 12.9. The molecule has 1 aromatic rings. The highest BCUT2D eigenvalue weighted by atomic mass is 16.3. The Kier molecular flexibility index (Phi) is 7.25. The molecule has 0 aliphatic carbocycles. The maximum Gasteiger partial charge on any atom is 0.254 e. The molecule has 1 aliphatic rings. The first-order chi connectivity index (χ1) is 11.6. The number of nitrogens with zero attached hydrogens (tertiary/aromatic N) is 2. The molecule has 0 aromatic heterocycles. The molecule has 1 amide bonds. The van der Waals surface area contributed by atoms with Crippen LogP contribution in [-0.2, 0) is 0 Å². The van der Waals surface area contributed by atoms with Crippen LogP contribution in [0.15, 0.2) is 30.3 Å². The van der Waals surface area contributed by atoms with Gasteiger partial charge in [0.15, 0.2) is 0 Å². The SMILES string of the molecule is CCCCN(C)C[C@@H]1[C@H](CC)CN(C(=O)c2ccccc2)[C@@H]1CO. The largest absolute Gasteiger partial charge is 0.394 e. The van der Waals surface area contributed by atoms with Gasteiger partial charge in [-0.25, -0.2) is 0 Å². The summed E-state index contributed by atoms with van der Waals surface area (Å²) in [6.07, 6.45) is 3.42. The first-order valence-electron chi connectivity index (χ1n) is 9.27. The number of carbonyl (C=O) groups is 1. The minimum atomic E-state index is -0.0771. The van der Waals surface area contributed by atoms with E-state index in [1.54, 1.807) is 0 Å². The van der Waals surface area contributed by atoms with Gasteiger partial charge in [-0.1, -0.05) is 44.9 Å².